The summed E-state index contributed by atoms with van der Waals surface area (Å²) < 4.78 is 22.3. The Hall–Kier alpha value is -3.55. The number of hydrogen-bond acceptors (Lipinski definition) is 11. The van der Waals surface area contributed by atoms with E-state index in [2.05, 4.69) is 51.0 Å². The van der Waals surface area contributed by atoms with Gasteiger partial charge in [0.1, 0.15) is 11.5 Å². The summed E-state index contributed by atoms with van der Waals surface area (Å²) in [7, 11) is 2.00. The second-order valence-electron chi connectivity index (χ2n) is 16.0. The van der Waals surface area contributed by atoms with Crippen molar-refractivity contribution >= 4 is 47.0 Å². The zero-order chi connectivity index (χ0) is 38.8. The SMILES string of the molecule is C.COCOc1c2c(cc3ccccc13)N(B(C)O)CC2CO.COCOc1c2c(cc3ccccc13)N(B(C)O)CC2CON1C(C)(C)CCCC1(C)C. The van der Waals surface area contributed by atoms with Gasteiger partial charge in [-0.05, 0) is 83.5 Å². The minimum absolute atomic E-state index is 0. The Morgan fingerprint density at radius 1 is 0.709 bits per heavy atom. The van der Waals surface area contributed by atoms with E-state index >= 15 is 0 Å². The number of rotatable bonds is 12. The lowest BCUT2D eigenvalue weighted by atomic mass is 9.82. The molecule has 3 heterocycles. The van der Waals surface area contributed by atoms with Crippen LogP contribution in [0.2, 0.25) is 13.6 Å². The molecule has 2 atom stereocenters. The maximum atomic E-state index is 10.5. The van der Waals surface area contributed by atoms with Crippen LogP contribution in [0.4, 0.5) is 11.4 Å². The number of hydroxylamine groups is 2. The second-order valence-corrected chi connectivity index (χ2v) is 16.0. The normalized spacial score (nSPS) is 19.7. The van der Waals surface area contributed by atoms with Gasteiger partial charge in [0.25, 0.3) is 0 Å². The van der Waals surface area contributed by atoms with Gasteiger partial charge in [0, 0.05) is 83.5 Å². The fraction of sp³-hybridized carbons (Fsp3) is 0.524. The summed E-state index contributed by atoms with van der Waals surface area (Å²) in [5.74, 6) is 1.55. The largest absolute Gasteiger partial charge is 0.467 e. The van der Waals surface area contributed by atoms with Crippen molar-refractivity contribution in [2.24, 2.45) is 0 Å². The lowest BCUT2D eigenvalue weighted by molar-refractivity contribution is -0.282. The van der Waals surface area contributed by atoms with Gasteiger partial charge in [-0.3, -0.25) is 4.84 Å². The van der Waals surface area contributed by atoms with E-state index in [9.17, 15) is 15.2 Å². The summed E-state index contributed by atoms with van der Waals surface area (Å²) in [6, 6.07) is 20.4. The Labute approximate surface area is 328 Å². The van der Waals surface area contributed by atoms with E-state index in [-0.39, 0.29) is 50.5 Å². The van der Waals surface area contributed by atoms with E-state index in [1.165, 1.54) is 6.42 Å². The van der Waals surface area contributed by atoms with Crippen LogP contribution >= 0.6 is 0 Å². The van der Waals surface area contributed by atoms with Crippen LogP contribution in [0.3, 0.4) is 0 Å². The van der Waals surface area contributed by atoms with Gasteiger partial charge >= 0.3 is 14.1 Å². The third-order valence-electron chi connectivity index (χ3n) is 11.2. The maximum Gasteiger partial charge on any atom is 0.409 e. The molecule has 0 aromatic heterocycles. The number of fused-ring (bicyclic) bond motifs is 4. The Bertz CT molecular complexity index is 1890. The summed E-state index contributed by atoms with van der Waals surface area (Å²) in [4.78, 5) is 10.5. The molecule has 55 heavy (non-hydrogen) atoms. The van der Waals surface area contributed by atoms with E-state index < -0.39 is 14.1 Å². The minimum Gasteiger partial charge on any atom is -0.467 e. The summed E-state index contributed by atoms with van der Waals surface area (Å²) in [6.45, 7) is 14.7. The van der Waals surface area contributed by atoms with Crippen LogP contribution in [0.1, 0.15) is 77.3 Å². The molecule has 13 heteroatoms. The van der Waals surface area contributed by atoms with E-state index in [4.69, 9.17) is 23.8 Å². The van der Waals surface area contributed by atoms with Crippen molar-refractivity contribution in [1.29, 1.82) is 0 Å². The van der Waals surface area contributed by atoms with Gasteiger partial charge in [-0.2, -0.15) is 5.06 Å². The lowest BCUT2D eigenvalue weighted by Gasteiger charge is -2.51. The van der Waals surface area contributed by atoms with Gasteiger partial charge in [0.15, 0.2) is 13.6 Å². The first kappa shape index (κ1) is 42.6. The minimum atomic E-state index is -0.619. The fourth-order valence-corrected chi connectivity index (χ4v) is 8.78. The third-order valence-corrected chi connectivity index (χ3v) is 11.2. The van der Waals surface area contributed by atoms with Crippen LogP contribution in [0.25, 0.3) is 21.5 Å². The summed E-state index contributed by atoms with van der Waals surface area (Å²) in [5, 5.41) is 36.7. The Balaban J connectivity index is 0.000000221. The molecule has 0 bridgehead atoms. The molecule has 11 nitrogen and oxygen atoms in total. The van der Waals surface area contributed by atoms with Crippen molar-refractivity contribution in [3.63, 3.8) is 0 Å². The van der Waals surface area contributed by atoms with Crippen LogP contribution in [0.5, 0.6) is 11.5 Å². The molecule has 0 radical (unpaired) electrons. The summed E-state index contributed by atoms with van der Waals surface area (Å²) in [5.41, 5.74) is 3.92. The lowest BCUT2D eigenvalue weighted by Crippen LogP contribution is -2.58. The molecule has 4 aromatic carbocycles. The molecule has 0 amide bonds. The number of hydrogen-bond donors (Lipinski definition) is 3. The summed E-state index contributed by atoms with van der Waals surface area (Å²) in [6.07, 6.45) is 3.44. The highest BCUT2D eigenvalue weighted by molar-refractivity contribution is 6.54. The van der Waals surface area contributed by atoms with Gasteiger partial charge in [-0.15, -0.1) is 0 Å². The van der Waals surface area contributed by atoms with E-state index in [1.54, 1.807) is 21.0 Å². The average molecular weight is 758 g/mol. The van der Waals surface area contributed by atoms with Crippen molar-refractivity contribution in [3.05, 3.63) is 71.8 Å². The number of aliphatic hydroxyl groups excluding tert-OH is 1. The molecule has 3 aliphatic rings. The number of aliphatic hydroxyl groups is 1. The number of methoxy groups -OCH3 is 2. The molecular formula is C42H61B2N3O8. The number of nitrogens with zero attached hydrogens (tertiary/aromatic N) is 3. The number of anilines is 2. The summed E-state index contributed by atoms with van der Waals surface area (Å²) >= 11 is 0. The zero-order valence-corrected chi connectivity index (χ0v) is 33.2. The Kier molecular flexibility index (Phi) is 13.7. The molecule has 0 saturated carbocycles. The Morgan fingerprint density at radius 2 is 1.15 bits per heavy atom. The van der Waals surface area contributed by atoms with Gasteiger partial charge in [-0.25, -0.2) is 0 Å². The molecule has 298 valence electrons. The van der Waals surface area contributed by atoms with Gasteiger partial charge in [0.2, 0.25) is 0 Å². The highest BCUT2D eigenvalue weighted by Gasteiger charge is 2.44. The predicted octanol–water partition coefficient (Wildman–Crippen LogP) is 7.28. The predicted molar refractivity (Wildman–Crippen MR) is 224 cm³/mol. The van der Waals surface area contributed by atoms with Crippen molar-refractivity contribution < 1.29 is 38.9 Å². The molecule has 0 aliphatic carbocycles. The van der Waals surface area contributed by atoms with E-state index in [1.807, 2.05) is 58.9 Å². The first-order chi connectivity index (χ1) is 25.8. The molecule has 4 aromatic rings. The van der Waals surface area contributed by atoms with E-state index in [0.717, 1.165) is 68.4 Å². The quantitative estimate of drug-likeness (QED) is 0.100. The van der Waals surface area contributed by atoms with Crippen LogP contribution in [0.15, 0.2) is 60.7 Å². The van der Waals surface area contributed by atoms with Crippen molar-refractivity contribution in [1.82, 2.24) is 5.06 Å². The number of ether oxygens (including phenoxy) is 4. The maximum absolute atomic E-state index is 10.5. The van der Waals surface area contributed by atoms with Crippen LogP contribution < -0.4 is 19.1 Å². The topological polar surface area (TPSA) is 117 Å². The first-order valence-electron chi connectivity index (χ1n) is 19.1. The van der Waals surface area contributed by atoms with Gasteiger partial charge in [0.05, 0.1) is 13.2 Å². The Morgan fingerprint density at radius 3 is 1.58 bits per heavy atom. The molecular weight excluding hydrogens is 696 g/mol. The molecule has 7 rings (SSSR count). The zero-order valence-electron chi connectivity index (χ0n) is 33.2. The van der Waals surface area contributed by atoms with Gasteiger partial charge in [-0.1, -0.05) is 56.0 Å². The monoisotopic (exact) mass is 757 g/mol. The molecule has 1 fully saturated rings. The molecule has 3 aliphatic heterocycles. The van der Waals surface area contributed by atoms with Crippen LogP contribution in [-0.4, -0.2) is 99.5 Å². The standard InChI is InChI=1S/C25H37BN2O4.C16H20BNO4.CH4/c1-24(2)12-9-13-25(3,4)28(24)32-16-19-15-27(26(5)29)21-14-18-10-7-8-11-20(18)23(22(19)21)31-17-30-6;1-17(20)18-8-12(9-19)15-14(18)7-11-5-3-4-6-13(11)16(15)22-10-21-2;/h7-8,10-11,14,19,29H,9,12-13,15-17H2,1-6H3;3-7,12,19-20H,8-10H2,1-2H3;1H4. The van der Waals surface area contributed by atoms with Crippen molar-refractivity contribution in [3.8, 4) is 11.5 Å². The van der Waals surface area contributed by atoms with Crippen LogP contribution in [-0.2, 0) is 14.3 Å². The molecule has 1 saturated heterocycles. The fourth-order valence-electron chi connectivity index (χ4n) is 8.78. The van der Waals surface area contributed by atoms with Crippen molar-refractivity contribution in [2.75, 3.05) is 63.7 Å². The average Bonchev–Trinajstić information content (AvgIpc) is 3.70. The van der Waals surface area contributed by atoms with E-state index in [0.29, 0.717) is 19.7 Å². The number of benzene rings is 4. The van der Waals surface area contributed by atoms with Crippen molar-refractivity contribution in [2.45, 2.75) is 90.9 Å². The first-order valence-corrected chi connectivity index (χ1v) is 19.1. The second kappa shape index (κ2) is 17.7. The third kappa shape index (κ3) is 8.58. The molecule has 2 unspecified atom stereocenters. The van der Waals surface area contributed by atoms with Gasteiger partial charge < -0.3 is 43.7 Å². The number of piperidine rings is 1. The highest BCUT2D eigenvalue weighted by atomic mass is 16.7. The molecule has 0 spiro atoms. The molecule has 3 N–H and O–H groups in total. The van der Waals surface area contributed by atoms with Crippen LogP contribution in [0, 0.1) is 0 Å². The highest BCUT2D eigenvalue weighted by Crippen LogP contribution is 2.49. The smallest absolute Gasteiger partial charge is 0.409 e.